The van der Waals surface area contributed by atoms with E-state index in [1.807, 2.05) is 30.5 Å². The summed E-state index contributed by atoms with van der Waals surface area (Å²) in [5.74, 6) is 2.06. The summed E-state index contributed by atoms with van der Waals surface area (Å²) in [4.78, 5) is 0. The number of ether oxygens (including phenoxy) is 1. The number of furan rings is 1. The zero-order valence-corrected chi connectivity index (χ0v) is 13.8. The molecule has 3 aromatic rings. The first-order valence-corrected chi connectivity index (χ1v) is 8.30. The fourth-order valence-electron chi connectivity index (χ4n) is 1.78. The van der Waals surface area contributed by atoms with Crippen LogP contribution in [0.15, 0.2) is 57.4 Å². The average molecular weight is 349 g/mol. The quantitative estimate of drug-likeness (QED) is 0.502. The summed E-state index contributed by atoms with van der Waals surface area (Å²) < 4.78 is 12.8. The maximum absolute atomic E-state index is 5.83. The third-order valence-electron chi connectivity index (χ3n) is 2.87. The van der Waals surface area contributed by atoms with Crippen molar-refractivity contribution in [1.82, 2.24) is 14.9 Å². The molecule has 23 heavy (non-hydrogen) atoms. The van der Waals surface area contributed by atoms with Gasteiger partial charge in [0.2, 0.25) is 5.16 Å². The third kappa shape index (κ3) is 4.14. The standard InChI is InChI=1S/C15H13ClN4O2S/c1-23-15-19-17-10-20(15)18-8-13-6-7-14(22-13)9-21-12-4-2-11(16)3-5-12/h2-8,10H,9H2,1H3. The molecule has 0 aliphatic heterocycles. The summed E-state index contributed by atoms with van der Waals surface area (Å²) in [5.41, 5.74) is 0. The number of halogens is 1. The highest BCUT2D eigenvalue weighted by atomic mass is 35.5. The normalized spacial score (nSPS) is 11.2. The SMILES string of the molecule is CSc1nncn1N=Cc1ccc(COc2ccc(Cl)cc2)o1. The van der Waals surface area contributed by atoms with Gasteiger partial charge >= 0.3 is 0 Å². The predicted octanol–water partition coefficient (Wildman–Crippen LogP) is 3.71. The Hall–Kier alpha value is -2.25. The van der Waals surface area contributed by atoms with Crippen LogP contribution >= 0.6 is 23.4 Å². The van der Waals surface area contributed by atoms with E-state index in [1.54, 1.807) is 23.0 Å². The van der Waals surface area contributed by atoms with Crippen LogP contribution in [0.4, 0.5) is 0 Å². The first kappa shape index (κ1) is 15.6. The summed E-state index contributed by atoms with van der Waals surface area (Å²) in [6, 6.07) is 10.8. The number of hydrogen-bond donors (Lipinski definition) is 0. The molecule has 0 N–H and O–H groups in total. The zero-order valence-electron chi connectivity index (χ0n) is 12.2. The molecule has 0 radical (unpaired) electrons. The fraction of sp³-hybridized carbons (Fsp3) is 0.133. The van der Waals surface area contributed by atoms with Crippen LogP contribution < -0.4 is 4.74 Å². The largest absolute Gasteiger partial charge is 0.486 e. The van der Waals surface area contributed by atoms with Crippen LogP contribution in [-0.4, -0.2) is 27.3 Å². The monoisotopic (exact) mass is 348 g/mol. The van der Waals surface area contributed by atoms with Gasteiger partial charge in [0.15, 0.2) is 0 Å². The highest BCUT2D eigenvalue weighted by Crippen LogP contribution is 2.17. The van der Waals surface area contributed by atoms with Gasteiger partial charge in [0.25, 0.3) is 0 Å². The van der Waals surface area contributed by atoms with E-state index in [-0.39, 0.29) is 0 Å². The topological polar surface area (TPSA) is 65.4 Å². The van der Waals surface area contributed by atoms with E-state index in [4.69, 9.17) is 20.8 Å². The van der Waals surface area contributed by atoms with Crippen molar-refractivity contribution in [2.24, 2.45) is 5.10 Å². The summed E-state index contributed by atoms with van der Waals surface area (Å²) in [7, 11) is 0. The first-order valence-electron chi connectivity index (χ1n) is 6.70. The van der Waals surface area contributed by atoms with Crippen LogP contribution in [0.2, 0.25) is 5.02 Å². The van der Waals surface area contributed by atoms with E-state index >= 15 is 0 Å². The second-order valence-corrected chi connectivity index (χ2v) is 5.66. The maximum Gasteiger partial charge on any atom is 0.211 e. The molecular formula is C15H13ClN4O2S. The van der Waals surface area contributed by atoms with Gasteiger partial charge in [0, 0.05) is 5.02 Å². The first-order chi connectivity index (χ1) is 11.2. The Morgan fingerprint density at radius 3 is 2.91 bits per heavy atom. The summed E-state index contributed by atoms with van der Waals surface area (Å²) in [6.07, 6.45) is 5.06. The molecule has 0 aliphatic carbocycles. The van der Waals surface area contributed by atoms with Gasteiger partial charge in [-0.2, -0.15) is 9.78 Å². The molecule has 0 fully saturated rings. The van der Waals surface area contributed by atoms with Crippen LogP contribution in [0.1, 0.15) is 11.5 Å². The van der Waals surface area contributed by atoms with Crippen molar-refractivity contribution in [3.63, 3.8) is 0 Å². The molecule has 0 bridgehead atoms. The summed E-state index contributed by atoms with van der Waals surface area (Å²) in [5, 5.41) is 13.3. The van der Waals surface area contributed by atoms with Crippen molar-refractivity contribution in [3.8, 4) is 5.75 Å². The van der Waals surface area contributed by atoms with E-state index in [0.29, 0.717) is 28.3 Å². The van der Waals surface area contributed by atoms with Crippen LogP contribution in [-0.2, 0) is 6.61 Å². The number of benzene rings is 1. The average Bonchev–Trinajstić information content (AvgIpc) is 3.21. The molecule has 8 heteroatoms. The second-order valence-electron chi connectivity index (χ2n) is 4.45. The van der Waals surface area contributed by atoms with Gasteiger partial charge in [-0.25, -0.2) is 0 Å². The molecule has 0 saturated heterocycles. The van der Waals surface area contributed by atoms with Gasteiger partial charge in [0.1, 0.15) is 30.2 Å². The van der Waals surface area contributed by atoms with Crippen LogP contribution in [0.25, 0.3) is 0 Å². The van der Waals surface area contributed by atoms with Crippen molar-refractivity contribution < 1.29 is 9.15 Å². The second kappa shape index (κ2) is 7.34. The molecule has 0 unspecified atom stereocenters. The highest BCUT2D eigenvalue weighted by Gasteiger charge is 2.03. The minimum atomic E-state index is 0.332. The lowest BCUT2D eigenvalue weighted by molar-refractivity contribution is 0.270. The molecule has 118 valence electrons. The fourth-order valence-corrected chi connectivity index (χ4v) is 2.31. The van der Waals surface area contributed by atoms with E-state index in [2.05, 4.69) is 15.3 Å². The molecular weight excluding hydrogens is 336 g/mol. The zero-order chi connectivity index (χ0) is 16.1. The molecule has 0 saturated carbocycles. The Morgan fingerprint density at radius 2 is 2.13 bits per heavy atom. The minimum Gasteiger partial charge on any atom is -0.486 e. The van der Waals surface area contributed by atoms with E-state index in [1.165, 1.54) is 18.1 Å². The summed E-state index contributed by atoms with van der Waals surface area (Å²) in [6.45, 7) is 0.332. The lowest BCUT2D eigenvalue weighted by atomic mass is 10.3. The van der Waals surface area contributed by atoms with Gasteiger partial charge in [-0.15, -0.1) is 10.2 Å². The number of hydrogen-bond acceptors (Lipinski definition) is 6. The molecule has 3 rings (SSSR count). The number of rotatable bonds is 6. The van der Waals surface area contributed by atoms with Crippen LogP contribution in [0.5, 0.6) is 5.75 Å². The highest BCUT2D eigenvalue weighted by molar-refractivity contribution is 7.98. The number of thioether (sulfide) groups is 1. The molecule has 0 aliphatic rings. The van der Waals surface area contributed by atoms with Gasteiger partial charge in [0.05, 0.1) is 6.21 Å². The molecule has 0 spiro atoms. The van der Waals surface area contributed by atoms with Gasteiger partial charge < -0.3 is 9.15 Å². The van der Waals surface area contributed by atoms with Crippen LogP contribution in [0, 0.1) is 0 Å². The Kier molecular flexibility index (Phi) is 4.99. The molecule has 0 amide bonds. The van der Waals surface area contributed by atoms with Crippen molar-refractivity contribution >= 4 is 29.6 Å². The molecule has 2 heterocycles. The Balaban J connectivity index is 1.60. The smallest absolute Gasteiger partial charge is 0.211 e. The lowest BCUT2D eigenvalue weighted by Crippen LogP contribution is -1.93. The Morgan fingerprint density at radius 1 is 1.30 bits per heavy atom. The molecule has 6 nitrogen and oxygen atoms in total. The van der Waals surface area contributed by atoms with Gasteiger partial charge in [-0.3, -0.25) is 0 Å². The van der Waals surface area contributed by atoms with Crippen molar-refractivity contribution in [2.45, 2.75) is 11.8 Å². The van der Waals surface area contributed by atoms with Crippen molar-refractivity contribution in [3.05, 3.63) is 59.3 Å². The number of aromatic nitrogens is 3. The molecule has 1 aromatic carbocycles. The van der Waals surface area contributed by atoms with Crippen LogP contribution in [0.3, 0.4) is 0 Å². The summed E-state index contributed by atoms with van der Waals surface area (Å²) >= 11 is 7.29. The minimum absolute atomic E-state index is 0.332. The number of nitrogens with zero attached hydrogens (tertiary/aromatic N) is 4. The van der Waals surface area contributed by atoms with Gasteiger partial charge in [-0.1, -0.05) is 23.4 Å². The van der Waals surface area contributed by atoms with Crippen molar-refractivity contribution in [2.75, 3.05) is 6.26 Å². The predicted molar refractivity (Wildman–Crippen MR) is 89.3 cm³/mol. The van der Waals surface area contributed by atoms with E-state index < -0.39 is 0 Å². The lowest BCUT2D eigenvalue weighted by Gasteiger charge is -2.03. The van der Waals surface area contributed by atoms with E-state index in [9.17, 15) is 0 Å². The Labute approximate surface area is 142 Å². The molecule has 2 aromatic heterocycles. The van der Waals surface area contributed by atoms with E-state index in [0.717, 1.165) is 5.75 Å². The van der Waals surface area contributed by atoms with Gasteiger partial charge in [-0.05, 0) is 42.7 Å². The maximum atomic E-state index is 5.83. The third-order valence-corrected chi connectivity index (χ3v) is 3.76. The molecule has 0 atom stereocenters. The Bertz CT molecular complexity index is 798. The van der Waals surface area contributed by atoms with Crippen molar-refractivity contribution in [1.29, 1.82) is 0 Å².